The number of carbonyl (C=O) groups excluding carboxylic acids is 1. The molecule has 1 aromatic rings. The quantitative estimate of drug-likeness (QED) is 0.860. The van der Waals surface area contributed by atoms with Crippen LogP contribution in [-0.2, 0) is 0 Å². The minimum atomic E-state index is 0.0283. The minimum absolute atomic E-state index is 0.0283. The Kier molecular flexibility index (Phi) is 3.20. The van der Waals surface area contributed by atoms with Crippen LogP contribution in [0.3, 0.4) is 0 Å². The van der Waals surface area contributed by atoms with Gasteiger partial charge in [-0.1, -0.05) is 0 Å². The van der Waals surface area contributed by atoms with Crippen molar-refractivity contribution in [2.75, 3.05) is 13.1 Å². The number of thiophene rings is 1. The van der Waals surface area contributed by atoms with Gasteiger partial charge in [-0.25, -0.2) is 0 Å². The molecule has 2 heterocycles. The van der Waals surface area contributed by atoms with Gasteiger partial charge in [0.2, 0.25) is 0 Å². The summed E-state index contributed by atoms with van der Waals surface area (Å²) in [6.07, 6.45) is 1.02. The Balaban J connectivity index is 1.98. The van der Waals surface area contributed by atoms with Crippen molar-refractivity contribution in [3.8, 4) is 0 Å². The summed E-state index contributed by atoms with van der Waals surface area (Å²) >= 11 is 4.81. The Labute approximate surface area is 95.0 Å². The van der Waals surface area contributed by atoms with Gasteiger partial charge in [0.15, 0.2) is 0 Å². The van der Waals surface area contributed by atoms with Crippen molar-refractivity contribution in [3.05, 3.63) is 20.8 Å². The van der Waals surface area contributed by atoms with Gasteiger partial charge in [0, 0.05) is 17.1 Å². The third kappa shape index (κ3) is 2.16. The SMILES string of the molecule is O=C(NC1CCNC1)c1sccc1Br. The van der Waals surface area contributed by atoms with E-state index in [0.29, 0.717) is 0 Å². The second kappa shape index (κ2) is 4.42. The fourth-order valence-electron chi connectivity index (χ4n) is 1.48. The van der Waals surface area contributed by atoms with E-state index in [9.17, 15) is 4.79 Å². The molecule has 1 atom stereocenters. The number of amides is 1. The summed E-state index contributed by atoms with van der Waals surface area (Å²) in [5, 5.41) is 8.12. The number of hydrogen-bond acceptors (Lipinski definition) is 3. The topological polar surface area (TPSA) is 41.1 Å². The predicted molar refractivity (Wildman–Crippen MR) is 60.8 cm³/mol. The van der Waals surface area contributed by atoms with Crippen LogP contribution in [0.25, 0.3) is 0 Å². The molecule has 1 unspecified atom stereocenters. The molecule has 14 heavy (non-hydrogen) atoms. The van der Waals surface area contributed by atoms with E-state index >= 15 is 0 Å². The Morgan fingerprint density at radius 1 is 1.71 bits per heavy atom. The molecule has 1 saturated heterocycles. The molecular formula is C9H11BrN2OS. The zero-order valence-corrected chi connectivity index (χ0v) is 9.95. The summed E-state index contributed by atoms with van der Waals surface area (Å²) < 4.78 is 0.881. The summed E-state index contributed by atoms with van der Waals surface area (Å²) in [7, 11) is 0. The van der Waals surface area contributed by atoms with E-state index in [4.69, 9.17) is 0 Å². The van der Waals surface area contributed by atoms with Gasteiger partial charge in [0.05, 0.1) is 0 Å². The highest BCUT2D eigenvalue weighted by molar-refractivity contribution is 9.10. The van der Waals surface area contributed by atoms with Gasteiger partial charge < -0.3 is 10.6 Å². The van der Waals surface area contributed by atoms with Crippen molar-refractivity contribution in [2.24, 2.45) is 0 Å². The first-order valence-corrected chi connectivity index (χ1v) is 6.19. The number of rotatable bonds is 2. The zero-order chi connectivity index (χ0) is 9.97. The van der Waals surface area contributed by atoms with E-state index in [1.54, 1.807) is 0 Å². The lowest BCUT2D eigenvalue weighted by Gasteiger charge is -2.10. The summed E-state index contributed by atoms with van der Waals surface area (Å²) in [5.74, 6) is 0.0283. The second-order valence-electron chi connectivity index (χ2n) is 3.26. The first-order chi connectivity index (χ1) is 6.77. The highest BCUT2D eigenvalue weighted by Gasteiger charge is 2.19. The number of carbonyl (C=O) groups is 1. The normalized spacial score (nSPS) is 21.1. The van der Waals surface area contributed by atoms with Gasteiger partial charge in [0.25, 0.3) is 5.91 Å². The molecule has 0 aliphatic carbocycles. The number of nitrogens with one attached hydrogen (secondary N) is 2. The molecule has 0 aromatic carbocycles. The predicted octanol–water partition coefficient (Wildman–Crippen LogP) is 1.60. The summed E-state index contributed by atoms with van der Waals surface area (Å²) in [5.41, 5.74) is 0. The average molecular weight is 275 g/mol. The van der Waals surface area contributed by atoms with Crippen LogP contribution in [0, 0.1) is 0 Å². The molecule has 2 N–H and O–H groups in total. The summed E-state index contributed by atoms with van der Waals surface area (Å²) in [6, 6.07) is 2.18. The highest BCUT2D eigenvalue weighted by atomic mass is 79.9. The molecule has 1 aliphatic rings. The lowest BCUT2D eigenvalue weighted by molar-refractivity contribution is 0.0943. The van der Waals surface area contributed by atoms with E-state index in [2.05, 4.69) is 26.6 Å². The van der Waals surface area contributed by atoms with E-state index in [1.165, 1.54) is 11.3 Å². The number of halogens is 1. The molecule has 1 fully saturated rings. The van der Waals surface area contributed by atoms with Crippen LogP contribution in [0.1, 0.15) is 16.1 Å². The second-order valence-corrected chi connectivity index (χ2v) is 5.03. The van der Waals surface area contributed by atoms with E-state index in [0.717, 1.165) is 28.9 Å². The Bertz CT molecular complexity index is 333. The molecule has 0 radical (unpaired) electrons. The van der Waals surface area contributed by atoms with Crippen LogP contribution in [0.4, 0.5) is 0 Å². The van der Waals surface area contributed by atoms with Gasteiger partial charge in [-0.3, -0.25) is 4.79 Å². The van der Waals surface area contributed by atoms with Crippen molar-refractivity contribution >= 4 is 33.2 Å². The van der Waals surface area contributed by atoms with Crippen LogP contribution < -0.4 is 10.6 Å². The molecule has 1 aromatic heterocycles. The van der Waals surface area contributed by atoms with Crippen molar-refractivity contribution in [3.63, 3.8) is 0 Å². The van der Waals surface area contributed by atoms with Crippen LogP contribution in [-0.4, -0.2) is 25.0 Å². The van der Waals surface area contributed by atoms with Gasteiger partial charge in [-0.2, -0.15) is 0 Å². The summed E-state index contributed by atoms with van der Waals surface area (Å²) in [6.45, 7) is 1.88. The molecular weight excluding hydrogens is 264 g/mol. The molecule has 5 heteroatoms. The third-order valence-electron chi connectivity index (χ3n) is 2.22. The summed E-state index contributed by atoms with van der Waals surface area (Å²) in [4.78, 5) is 12.5. The molecule has 0 saturated carbocycles. The molecule has 76 valence electrons. The maximum atomic E-state index is 11.7. The zero-order valence-electron chi connectivity index (χ0n) is 7.55. The minimum Gasteiger partial charge on any atom is -0.347 e. The standard InChI is InChI=1S/C9H11BrN2OS/c10-7-2-4-14-8(7)9(13)12-6-1-3-11-5-6/h2,4,6,11H,1,3,5H2,(H,12,13). The van der Waals surface area contributed by atoms with Crippen LogP contribution >= 0.6 is 27.3 Å². The van der Waals surface area contributed by atoms with Gasteiger partial charge in [-0.15, -0.1) is 11.3 Å². The number of hydrogen-bond donors (Lipinski definition) is 2. The van der Waals surface area contributed by atoms with Gasteiger partial charge in [0.1, 0.15) is 4.88 Å². The van der Waals surface area contributed by atoms with Crippen LogP contribution in [0.15, 0.2) is 15.9 Å². The Morgan fingerprint density at radius 2 is 2.57 bits per heavy atom. The van der Waals surface area contributed by atoms with Crippen molar-refractivity contribution < 1.29 is 4.79 Å². The fourth-order valence-corrected chi connectivity index (χ4v) is 2.94. The lowest BCUT2D eigenvalue weighted by Crippen LogP contribution is -2.35. The van der Waals surface area contributed by atoms with Gasteiger partial charge >= 0.3 is 0 Å². The monoisotopic (exact) mass is 274 g/mol. The maximum absolute atomic E-state index is 11.7. The van der Waals surface area contributed by atoms with Crippen LogP contribution in [0.2, 0.25) is 0 Å². The molecule has 2 rings (SSSR count). The Morgan fingerprint density at radius 3 is 3.14 bits per heavy atom. The smallest absolute Gasteiger partial charge is 0.262 e. The van der Waals surface area contributed by atoms with Crippen molar-refractivity contribution in [1.29, 1.82) is 0 Å². The molecule has 1 amide bonds. The Hall–Kier alpha value is -0.390. The molecule has 0 spiro atoms. The fraction of sp³-hybridized carbons (Fsp3) is 0.444. The first-order valence-electron chi connectivity index (χ1n) is 4.52. The largest absolute Gasteiger partial charge is 0.347 e. The maximum Gasteiger partial charge on any atom is 0.262 e. The average Bonchev–Trinajstić information content (AvgIpc) is 2.75. The molecule has 1 aliphatic heterocycles. The first kappa shape index (κ1) is 10.1. The molecule has 3 nitrogen and oxygen atoms in total. The van der Waals surface area contributed by atoms with E-state index in [-0.39, 0.29) is 11.9 Å². The van der Waals surface area contributed by atoms with Crippen LogP contribution in [0.5, 0.6) is 0 Å². The van der Waals surface area contributed by atoms with Crippen molar-refractivity contribution in [2.45, 2.75) is 12.5 Å². The lowest BCUT2D eigenvalue weighted by atomic mass is 10.2. The highest BCUT2D eigenvalue weighted by Crippen LogP contribution is 2.22. The van der Waals surface area contributed by atoms with Gasteiger partial charge in [-0.05, 0) is 40.3 Å². The third-order valence-corrected chi connectivity index (χ3v) is 4.06. The van der Waals surface area contributed by atoms with E-state index in [1.807, 2.05) is 11.4 Å². The van der Waals surface area contributed by atoms with Crippen molar-refractivity contribution in [1.82, 2.24) is 10.6 Å². The molecule has 0 bridgehead atoms. The van der Waals surface area contributed by atoms with E-state index < -0.39 is 0 Å².